The highest BCUT2D eigenvalue weighted by atomic mass is 79.9. The number of amides is 2. The van der Waals surface area contributed by atoms with Crippen molar-refractivity contribution < 1.29 is 29.0 Å². The van der Waals surface area contributed by atoms with Crippen molar-refractivity contribution >= 4 is 77.7 Å². The summed E-state index contributed by atoms with van der Waals surface area (Å²) in [5.41, 5.74) is 1.42. The molecule has 0 bridgehead atoms. The van der Waals surface area contributed by atoms with Crippen LogP contribution < -0.4 is 0 Å². The molecule has 52 heavy (non-hydrogen) atoms. The second-order valence-corrected chi connectivity index (χ2v) is 17.0. The number of benzene rings is 2. The highest BCUT2D eigenvalue weighted by Gasteiger charge is 2.32. The van der Waals surface area contributed by atoms with Gasteiger partial charge in [0, 0.05) is 72.1 Å². The van der Waals surface area contributed by atoms with E-state index in [9.17, 15) is 24.3 Å². The van der Waals surface area contributed by atoms with Crippen molar-refractivity contribution in [2.45, 2.75) is 52.6 Å². The zero-order valence-corrected chi connectivity index (χ0v) is 34.0. The van der Waals surface area contributed by atoms with Crippen LogP contribution in [0.3, 0.4) is 0 Å². The summed E-state index contributed by atoms with van der Waals surface area (Å²) in [6.07, 6.45) is -1.79. The molecule has 4 aromatic rings. The van der Waals surface area contributed by atoms with Crippen LogP contribution in [0.4, 0.5) is 9.59 Å². The van der Waals surface area contributed by atoms with Crippen LogP contribution in [0.25, 0.3) is 21.8 Å². The number of carbonyl (C=O) groups excluding carboxylic acids is 3. The first-order chi connectivity index (χ1) is 24.3. The Bertz CT molecular complexity index is 2010. The zero-order chi connectivity index (χ0) is 38.3. The standard InChI is InChI=1S/2C18H23BrN4O3/c1-18(2,3)26-17(25)23-14-6-5-12(19)11-13(14)15(20-23)16(24)22-9-7-21(4)8-10-22;1-18(2,3)14-11(19)5-6-12-13(14)15(20-23(12)17(25)26)16(24)22-9-7-21(4)8-10-22/h5-6,11H,7-10H2,1-4H3;5-6H,7-10H2,1-4H3,(H,25,26). The van der Waals surface area contributed by atoms with Crippen molar-refractivity contribution in [3.8, 4) is 0 Å². The fourth-order valence-corrected chi connectivity index (χ4v) is 7.51. The van der Waals surface area contributed by atoms with E-state index in [1.165, 1.54) is 4.68 Å². The molecule has 2 amide bonds. The number of nitrogens with zero attached hydrogens (tertiary/aromatic N) is 8. The van der Waals surface area contributed by atoms with Crippen molar-refractivity contribution in [3.63, 3.8) is 0 Å². The van der Waals surface area contributed by atoms with E-state index in [2.05, 4.69) is 51.9 Å². The van der Waals surface area contributed by atoms with Gasteiger partial charge in [0.15, 0.2) is 11.4 Å². The summed E-state index contributed by atoms with van der Waals surface area (Å²) < 4.78 is 9.18. The molecule has 14 nitrogen and oxygen atoms in total. The first-order valence-electron chi connectivity index (χ1n) is 17.1. The number of aromatic nitrogens is 4. The first-order valence-corrected chi connectivity index (χ1v) is 18.7. The molecule has 1 N–H and O–H groups in total. The van der Waals surface area contributed by atoms with E-state index >= 15 is 0 Å². The van der Waals surface area contributed by atoms with Crippen molar-refractivity contribution in [1.29, 1.82) is 0 Å². The number of likely N-dealkylation sites (N-methyl/N-ethyl adjacent to an activating group) is 2. The topological polar surface area (TPSA) is 146 Å². The Morgan fingerprint density at radius 2 is 1.21 bits per heavy atom. The second kappa shape index (κ2) is 15.2. The molecule has 2 aromatic heterocycles. The summed E-state index contributed by atoms with van der Waals surface area (Å²) in [4.78, 5) is 58.3. The van der Waals surface area contributed by atoms with Crippen LogP contribution in [-0.2, 0) is 10.2 Å². The predicted octanol–water partition coefficient (Wildman–Crippen LogP) is 5.98. The highest BCUT2D eigenvalue weighted by Crippen LogP contribution is 2.38. The molecule has 280 valence electrons. The van der Waals surface area contributed by atoms with E-state index in [4.69, 9.17) is 4.74 Å². The van der Waals surface area contributed by atoms with Crippen molar-refractivity contribution in [2.24, 2.45) is 0 Å². The largest absolute Gasteiger partial charge is 0.463 e. The van der Waals surface area contributed by atoms with Crippen LogP contribution in [0.2, 0.25) is 0 Å². The molecule has 2 saturated heterocycles. The summed E-state index contributed by atoms with van der Waals surface area (Å²) in [5, 5.41) is 19.3. The molecule has 0 radical (unpaired) electrons. The van der Waals surface area contributed by atoms with Crippen LogP contribution in [-0.4, -0.2) is 140 Å². The van der Waals surface area contributed by atoms with Gasteiger partial charge in [-0.15, -0.1) is 0 Å². The Morgan fingerprint density at radius 1 is 0.712 bits per heavy atom. The summed E-state index contributed by atoms with van der Waals surface area (Å²) >= 11 is 7.00. The molecule has 0 atom stereocenters. The van der Waals surface area contributed by atoms with Crippen LogP contribution in [0, 0.1) is 0 Å². The molecule has 4 heterocycles. The van der Waals surface area contributed by atoms with Gasteiger partial charge in [-0.3, -0.25) is 9.59 Å². The molecule has 2 aliphatic heterocycles. The monoisotopic (exact) mass is 844 g/mol. The predicted molar refractivity (Wildman–Crippen MR) is 205 cm³/mol. The SMILES string of the molecule is CN1CCN(C(=O)c2nn(C(=O)O)c3ccc(Br)c(C(C)(C)C)c23)CC1.CN1CCN(C(=O)c2nn(C(=O)OC(C)(C)C)c3ccc(Br)cc23)CC1. The Labute approximate surface area is 319 Å². The molecule has 0 aliphatic carbocycles. The minimum atomic E-state index is -1.20. The lowest BCUT2D eigenvalue weighted by Gasteiger charge is -2.32. The van der Waals surface area contributed by atoms with Crippen LogP contribution in [0.1, 0.15) is 68.1 Å². The smallest absolute Gasteiger partial charge is 0.435 e. The van der Waals surface area contributed by atoms with Crippen molar-refractivity contribution in [2.75, 3.05) is 66.5 Å². The average molecular weight is 847 g/mol. The van der Waals surface area contributed by atoms with E-state index in [0.29, 0.717) is 48.0 Å². The number of rotatable bonds is 2. The van der Waals surface area contributed by atoms with Gasteiger partial charge in [0.05, 0.1) is 11.0 Å². The third-order valence-electron chi connectivity index (χ3n) is 8.92. The van der Waals surface area contributed by atoms with E-state index in [-0.39, 0.29) is 28.6 Å². The van der Waals surface area contributed by atoms with E-state index in [1.807, 2.05) is 53.1 Å². The third-order valence-corrected chi connectivity index (χ3v) is 10.1. The summed E-state index contributed by atoms with van der Waals surface area (Å²) in [6, 6.07) is 8.89. The average Bonchev–Trinajstić information content (AvgIpc) is 3.63. The van der Waals surface area contributed by atoms with E-state index in [1.54, 1.807) is 42.7 Å². The molecule has 0 saturated carbocycles. The summed E-state index contributed by atoms with van der Waals surface area (Å²) in [6.45, 7) is 17.2. The number of carbonyl (C=O) groups is 4. The van der Waals surface area contributed by atoms with Gasteiger partial charge in [0.1, 0.15) is 5.60 Å². The number of fused-ring (bicyclic) bond motifs is 2. The first kappa shape index (κ1) is 39.3. The zero-order valence-electron chi connectivity index (χ0n) is 30.9. The number of hydrogen-bond donors (Lipinski definition) is 1. The second-order valence-electron chi connectivity index (χ2n) is 15.2. The van der Waals surface area contributed by atoms with Gasteiger partial charge in [-0.25, -0.2) is 9.59 Å². The molecule has 2 fully saturated rings. The van der Waals surface area contributed by atoms with Gasteiger partial charge < -0.3 is 29.4 Å². The Morgan fingerprint density at radius 3 is 1.71 bits per heavy atom. The van der Waals surface area contributed by atoms with Crippen LogP contribution >= 0.6 is 31.9 Å². The van der Waals surface area contributed by atoms with Gasteiger partial charge >= 0.3 is 12.2 Å². The van der Waals surface area contributed by atoms with Gasteiger partial charge in [-0.05, 0) is 76.2 Å². The number of hydrogen-bond acceptors (Lipinski definition) is 9. The lowest BCUT2D eigenvalue weighted by Crippen LogP contribution is -2.47. The Balaban J connectivity index is 0.000000201. The lowest BCUT2D eigenvalue weighted by atomic mass is 9.84. The molecule has 0 spiro atoms. The molecule has 6 rings (SSSR count). The molecular formula is C36H46Br2N8O6. The number of piperazine rings is 2. The number of carboxylic acid groups (broad SMARTS) is 1. The van der Waals surface area contributed by atoms with Gasteiger partial charge in [0.2, 0.25) is 0 Å². The normalized spacial score (nSPS) is 16.2. The van der Waals surface area contributed by atoms with Crippen LogP contribution in [0.5, 0.6) is 0 Å². The number of ether oxygens (including phenoxy) is 1. The van der Waals surface area contributed by atoms with E-state index < -0.39 is 17.8 Å². The van der Waals surface area contributed by atoms with Gasteiger partial charge in [-0.2, -0.15) is 19.6 Å². The molecule has 2 aliphatic rings. The lowest BCUT2D eigenvalue weighted by molar-refractivity contribution is 0.0520. The van der Waals surface area contributed by atoms with Gasteiger partial charge in [-0.1, -0.05) is 52.6 Å². The van der Waals surface area contributed by atoms with Crippen molar-refractivity contribution in [3.05, 3.63) is 56.2 Å². The Hall–Kier alpha value is -3.86. The summed E-state index contributed by atoms with van der Waals surface area (Å²) in [5.74, 6) is -0.379. The molecular weight excluding hydrogens is 800 g/mol. The fraction of sp³-hybridized carbons (Fsp3) is 0.500. The maximum atomic E-state index is 13.2. The highest BCUT2D eigenvalue weighted by molar-refractivity contribution is 9.10. The summed E-state index contributed by atoms with van der Waals surface area (Å²) in [7, 11) is 4.05. The minimum Gasteiger partial charge on any atom is -0.463 e. The fourth-order valence-electron chi connectivity index (χ4n) is 6.23. The minimum absolute atomic E-state index is 0.163. The molecule has 16 heteroatoms. The number of halogens is 2. The molecule has 0 unspecified atom stereocenters. The van der Waals surface area contributed by atoms with E-state index in [0.717, 1.165) is 45.4 Å². The molecule has 2 aromatic carbocycles. The van der Waals surface area contributed by atoms with Crippen LogP contribution in [0.15, 0.2) is 39.3 Å². The maximum absolute atomic E-state index is 13.2. The van der Waals surface area contributed by atoms with Crippen molar-refractivity contribution in [1.82, 2.24) is 39.2 Å². The third kappa shape index (κ3) is 8.50. The Kier molecular flexibility index (Phi) is 11.5. The van der Waals surface area contributed by atoms with Gasteiger partial charge in [0.25, 0.3) is 11.8 Å². The quantitative estimate of drug-likeness (QED) is 0.256. The maximum Gasteiger partial charge on any atom is 0.435 e.